The van der Waals surface area contributed by atoms with E-state index in [2.05, 4.69) is 20.6 Å². The molecule has 0 aliphatic heterocycles. The summed E-state index contributed by atoms with van der Waals surface area (Å²) in [5, 5.41) is 5.72. The zero-order valence-corrected chi connectivity index (χ0v) is 15.0. The van der Waals surface area contributed by atoms with Crippen molar-refractivity contribution in [3.63, 3.8) is 0 Å². The minimum absolute atomic E-state index is 0.214. The van der Waals surface area contributed by atoms with E-state index in [1.54, 1.807) is 24.5 Å². The first-order valence-electron chi connectivity index (χ1n) is 8.71. The fourth-order valence-corrected chi connectivity index (χ4v) is 2.69. The topological polar surface area (TPSA) is 63.0 Å². The van der Waals surface area contributed by atoms with E-state index in [0.717, 1.165) is 17.7 Å². The van der Waals surface area contributed by atoms with Crippen molar-refractivity contribution in [1.82, 2.24) is 9.97 Å². The summed E-state index contributed by atoms with van der Waals surface area (Å²) in [4.78, 5) is 8.76. The molecule has 2 N–H and O–H groups in total. The lowest BCUT2D eigenvalue weighted by Crippen LogP contribution is -2.07. The van der Waals surface area contributed by atoms with Gasteiger partial charge < -0.3 is 15.1 Å². The van der Waals surface area contributed by atoms with E-state index in [0.29, 0.717) is 18.0 Å². The number of benzene rings is 2. The number of halogens is 3. The van der Waals surface area contributed by atoms with E-state index >= 15 is 0 Å². The highest BCUT2D eigenvalue weighted by molar-refractivity contribution is 5.67. The Bertz CT molecular complexity index is 1120. The van der Waals surface area contributed by atoms with Crippen LogP contribution in [0.5, 0.6) is 0 Å². The van der Waals surface area contributed by atoms with Crippen LogP contribution >= 0.6 is 0 Å². The van der Waals surface area contributed by atoms with Crippen LogP contribution in [0.3, 0.4) is 0 Å². The van der Waals surface area contributed by atoms with Crippen LogP contribution in [0, 0.1) is 17.5 Å². The highest BCUT2D eigenvalue weighted by Crippen LogP contribution is 2.26. The number of hydrogen-bond acceptors (Lipinski definition) is 5. The molecule has 5 nitrogen and oxygen atoms in total. The third-order valence-corrected chi connectivity index (χ3v) is 4.09. The van der Waals surface area contributed by atoms with E-state index in [-0.39, 0.29) is 17.5 Å². The van der Waals surface area contributed by atoms with Crippen molar-refractivity contribution in [2.45, 2.75) is 6.54 Å². The lowest BCUT2D eigenvalue weighted by atomic mass is 10.1. The van der Waals surface area contributed by atoms with Crippen molar-refractivity contribution in [3.8, 4) is 11.3 Å². The van der Waals surface area contributed by atoms with Crippen molar-refractivity contribution >= 4 is 17.5 Å². The molecule has 29 heavy (non-hydrogen) atoms. The molecule has 0 fully saturated rings. The first kappa shape index (κ1) is 18.5. The standard InChI is InChI=1S/C21H15F3N4O/c22-15-8-9-16(20(24)19(15)23)26-18-11-17(13-5-2-1-3-6-13)27-21(28-18)25-12-14-7-4-10-29-14/h1-11H,12H2,(H2,25,26,27,28). The normalized spacial score (nSPS) is 10.7. The van der Waals surface area contributed by atoms with E-state index in [9.17, 15) is 13.2 Å². The first-order valence-corrected chi connectivity index (χ1v) is 8.71. The summed E-state index contributed by atoms with van der Waals surface area (Å²) in [6, 6.07) is 16.4. The predicted molar refractivity (Wildman–Crippen MR) is 103 cm³/mol. The number of anilines is 3. The number of hydrogen-bond donors (Lipinski definition) is 2. The lowest BCUT2D eigenvalue weighted by Gasteiger charge is -2.12. The Morgan fingerprint density at radius 1 is 0.862 bits per heavy atom. The Labute approximate surface area is 164 Å². The molecule has 0 aliphatic rings. The second-order valence-electron chi connectivity index (χ2n) is 6.11. The second kappa shape index (κ2) is 8.05. The molecule has 0 radical (unpaired) electrons. The van der Waals surface area contributed by atoms with Gasteiger partial charge in [-0.1, -0.05) is 30.3 Å². The summed E-state index contributed by atoms with van der Waals surface area (Å²) < 4.78 is 46.1. The van der Waals surface area contributed by atoms with E-state index in [1.165, 1.54) is 0 Å². The fourth-order valence-electron chi connectivity index (χ4n) is 2.69. The molecule has 0 amide bonds. The Morgan fingerprint density at radius 2 is 1.69 bits per heavy atom. The van der Waals surface area contributed by atoms with Gasteiger partial charge >= 0.3 is 0 Å². The molecule has 2 aromatic heterocycles. The number of rotatable bonds is 6. The number of nitrogens with zero attached hydrogens (tertiary/aromatic N) is 2. The highest BCUT2D eigenvalue weighted by Gasteiger charge is 2.15. The maximum atomic E-state index is 14.1. The van der Waals surface area contributed by atoms with Crippen molar-refractivity contribution in [1.29, 1.82) is 0 Å². The number of nitrogens with one attached hydrogen (secondary N) is 2. The average molecular weight is 396 g/mol. The third-order valence-electron chi connectivity index (χ3n) is 4.09. The second-order valence-corrected chi connectivity index (χ2v) is 6.11. The summed E-state index contributed by atoms with van der Waals surface area (Å²) in [5.74, 6) is -2.99. The van der Waals surface area contributed by atoms with E-state index in [4.69, 9.17) is 4.42 Å². The minimum atomic E-state index is -1.55. The predicted octanol–water partition coefficient (Wildman–Crippen LogP) is 5.51. The zero-order chi connectivity index (χ0) is 20.2. The van der Waals surface area contributed by atoms with Gasteiger partial charge in [0.15, 0.2) is 17.5 Å². The first-order chi connectivity index (χ1) is 14.1. The minimum Gasteiger partial charge on any atom is -0.467 e. The molecular weight excluding hydrogens is 381 g/mol. The van der Waals surface area contributed by atoms with Crippen LogP contribution in [0.1, 0.15) is 5.76 Å². The van der Waals surface area contributed by atoms with Gasteiger partial charge in [-0.15, -0.1) is 0 Å². The van der Waals surface area contributed by atoms with Gasteiger partial charge in [-0.3, -0.25) is 0 Å². The average Bonchev–Trinajstić information content (AvgIpc) is 3.27. The smallest absolute Gasteiger partial charge is 0.225 e. The number of aromatic nitrogens is 2. The van der Waals surface area contributed by atoms with Gasteiger partial charge in [0.1, 0.15) is 11.6 Å². The van der Waals surface area contributed by atoms with Crippen LogP contribution in [0.25, 0.3) is 11.3 Å². The van der Waals surface area contributed by atoms with Crippen LogP contribution in [-0.2, 0) is 6.54 Å². The summed E-state index contributed by atoms with van der Waals surface area (Å²) in [7, 11) is 0. The number of furan rings is 1. The van der Waals surface area contributed by atoms with Gasteiger partial charge in [0, 0.05) is 11.6 Å². The monoisotopic (exact) mass is 396 g/mol. The quantitative estimate of drug-likeness (QED) is 0.421. The van der Waals surface area contributed by atoms with Crippen molar-refractivity contribution in [2.75, 3.05) is 10.6 Å². The van der Waals surface area contributed by atoms with Gasteiger partial charge in [-0.05, 0) is 24.3 Å². The molecule has 0 spiro atoms. The van der Waals surface area contributed by atoms with Crippen molar-refractivity contribution < 1.29 is 17.6 Å². The molecule has 4 rings (SSSR count). The maximum Gasteiger partial charge on any atom is 0.225 e. The Morgan fingerprint density at radius 3 is 2.45 bits per heavy atom. The van der Waals surface area contributed by atoms with Crippen LogP contribution < -0.4 is 10.6 Å². The van der Waals surface area contributed by atoms with Gasteiger partial charge in [-0.2, -0.15) is 4.98 Å². The molecule has 2 aromatic carbocycles. The van der Waals surface area contributed by atoms with Crippen LogP contribution in [0.2, 0.25) is 0 Å². The summed E-state index contributed by atoms with van der Waals surface area (Å²) in [6.07, 6.45) is 1.55. The molecule has 4 aromatic rings. The van der Waals surface area contributed by atoms with Crippen LogP contribution in [-0.4, -0.2) is 9.97 Å². The van der Waals surface area contributed by atoms with Crippen LogP contribution in [0.4, 0.5) is 30.6 Å². The maximum absolute atomic E-state index is 14.1. The molecule has 2 heterocycles. The van der Waals surface area contributed by atoms with Gasteiger partial charge in [0.2, 0.25) is 5.95 Å². The largest absolute Gasteiger partial charge is 0.467 e. The van der Waals surface area contributed by atoms with Gasteiger partial charge in [-0.25, -0.2) is 18.2 Å². The van der Waals surface area contributed by atoms with Gasteiger partial charge in [0.25, 0.3) is 0 Å². The van der Waals surface area contributed by atoms with Crippen molar-refractivity contribution in [3.05, 3.63) is 90.1 Å². The Kier molecular flexibility index (Phi) is 5.15. The molecule has 0 bridgehead atoms. The van der Waals surface area contributed by atoms with E-state index in [1.807, 2.05) is 30.3 Å². The highest BCUT2D eigenvalue weighted by atomic mass is 19.2. The Balaban J connectivity index is 1.68. The van der Waals surface area contributed by atoms with Gasteiger partial charge in [0.05, 0.1) is 24.2 Å². The van der Waals surface area contributed by atoms with E-state index < -0.39 is 17.5 Å². The summed E-state index contributed by atoms with van der Waals surface area (Å²) in [5.41, 5.74) is 1.14. The molecule has 0 saturated carbocycles. The Hall–Kier alpha value is -3.81. The molecule has 0 aliphatic carbocycles. The summed E-state index contributed by atoms with van der Waals surface area (Å²) in [6.45, 7) is 0.338. The molecule has 0 atom stereocenters. The molecule has 0 saturated heterocycles. The molecular formula is C21H15F3N4O. The third kappa shape index (κ3) is 4.21. The van der Waals surface area contributed by atoms with Crippen molar-refractivity contribution in [2.24, 2.45) is 0 Å². The molecule has 0 unspecified atom stereocenters. The fraction of sp³-hybridized carbons (Fsp3) is 0.0476. The summed E-state index contributed by atoms with van der Waals surface area (Å²) >= 11 is 0. The lowest BCUT2D eigenvalue weighted by molar-refractivity contribution is 0.449. The zero-order valence-electron chi connectivity index (χ0n) is 15.0. The van der Waals surface area contributed by atoms with Crippen LogP contribution in [0.15, 0.2) is 71.3 Å². The molecule has 8 heteroatoms. The molecule has 146 valence electrons. The SMILES string of the molecule is Fc1ccc(Nc2cc(-c3ccccc3)nc(NCc3ccco3)n2)c(F)c1F.